The van der Waals surface area contributed by atoms with Crippen LogP contribution < -0.4 is 5.32 Å². The van der Waals surface area contributed by atoms with E-state index in [-0.39, 0.29) is 18.1 Å². The van der Waals surface area contributed by atoms with E-state index in [0.717, 1.165) is 39.0 Å². The molecule has 1 amide bonds. The molecular formula is C26H23FN2OS. The minimum absolute atomic E-state index is 0.0908. The van der Waals surface area contributed by atoms with Crippen LogP contribution in [0.3, 0.4) is 0 Å². The fourth-order valence-electron chi connectivity index (χ4n) is 3.77. The largest absolute Gasteiger partial charge is 0.352 e. The van der Waals surface area contributed by atoms with Crippen molar-refractivity contribution < 1.29 is 9.18 Å². The summed E-state index contributed by atoms with van der Waals surface area (Å²) in [6, 6.07) is 16.9. The molecule has 0 unspecified atom stereocenters. The van der Waals surface area contributed by atoms with Crippen LogP contribution in [0.25, 0.3) is 17.2 Å². The number of allylic oxidation sites excluding steroid dienone is 2. The number of thioether (sulfide) groups is 1. The topological polar surface area (TPSA) is 42.0 Å². The Bertz CT molecular complexity index is 1170. The van der Waals surface area contributed by atoms with E-state index in [4.69, 9.17) is 0 Å². The number of nitrogens with one attached hydrogen (secondary N) is 1. The average Bonchev–Trinajstić information content (AvgIpc) is 3.04. The second-order valence-electron chi connectivity index (χ2n) is 7.43. The van der Waals surface area contributed by atoms with Crippen LogP contribution in [0.15, 0.2) is 77.5 Å². The molecule has 0 atom stereocenters. The second kappa shape index (κ2) is 9.31. The molecule has 0 aliphatic heterocycles. The van der Waals surface area contributed by atoms with Gasteiger partial charge in [-0.25, -0.2) is 4.39 Å². The van der Waals surface area contributed by atoms with Gasteiger partial charge in [0.15, 0.2) is 0 Å². The van der Waals surface area contributed by atoms with Gasteiger partial charge in [0.1, 0.15) is 5.82 Å². The SMILES string of the molecule is CSc1ccc(/C=C2/C(C)=C(CC(=O)NCc3ccncc3)c3cc(F)ccc32)cc1. The molecule has 2 aromatic carbocycles. The van der Waals surface area contributed by atoms with Crippen LogP contribution in [0.2, 0.25) is 0 Å². The molecule has 1 aromatic heterocycles. The third kappa shape index (κ3) is 4.78. The Morgan fingerprint density at radius 2 is 1.81 bits per heavy atom. The zero-order valence-electron chi connectivity index (χ0n) is 17.5. The predicted molar refractivity (Wildman–Crippen MR) is 126 cm³/mol. The Labute approximate surface area is 186 Å². The normalized spacial score (nSPS) is 14.1. The van der Waals surface area contributed by atoms with Crippen LogP contribution >= 0.6 is 11.8 Å². The summed E-state index contributed by atoms with van der Waals surface area (Å²) in [5, 5.41) is 2.95. The van der Waals surface area contributed by atoms with Crippen LogP contribution in [-0.4, -0.2) is 17.1 Å². The van der Waals surface area contributed by atoms with Gasteiger partial charge in [-0.3, -0.25) is 9.78 Å². The molecular weight excluding hydrogens is 407 g/mol. The fourth-order valence-corrected chi connectivity index (χ4v) is 4.18. The van der Waals surface area contributed by atoms with Crippen LogP contribution in [0, 0.1) is 5.82 Å². The molecule has 1 aliphatic carbocycles. The molecule has 1 heterocycles. The molecule has 0 radical (unpaired) electrons. The number of hydrogen-bond acceptors (Lipinski definition) is 3. The molecule has 0 spiro atoms. The van der Waals surface area contributed by atoms with Crippen molar-refractivity contribution in [3.8, 4) is 0 Å². The zero-order valence-corrected chi connectivity index (χ0v) is 18.3. The van der Waals surface area contributed by atoms with Gasteiger partial charge in [-0.2, -0.15) is 0 Å². The number of fused-ring (bicyclic) bond motifs is 1. The summed E-state index contributed by atoms with van der Waals surface area (Å²) in [6.45, 7) is 2.44. The maximum Gasteiger partial charge on any atom is 0.224 e. The van der Waals surface area contributed by atoms with Crippen LogP contribution in [0.4, 0.5) is 4.39 Å². The van der Waals surface area contributed by atoms with Gasteiger partial charge in [0.05, 0.1) is 6.42 Å². The second-order valence-corrected chi connectivity index (χ2v) is 8.31. The standard InChI is InChI=1S/C26H23FN2OS/c1-17-23(13-18-3-6-21(31-2)7-4-18)22-8-5-20(27)14-25(22)24(17)15-26(30)29-16-19-9-11-28-12-10-19/h3-14H,15-16H2,1-2H3,(H,29,30)/b23-13-. The maximum absolute atomic E-state index is 14.1. The van der Waals surface area contributed by atoms with E-state index in [9.17, 15) is 9.18 Å². The molecule has 3 aromatic rings. The number of aromatic nitrogens is 1. The molecule has 1 aliphatic rings. The van der Waals surface area contributed by atoms with E-state index >= 15 is 0 Å². The quantitative estimate of drug-likeness (QED) is 0.490. The van der Waals surface area contributed by atoms with Gasteiger partial charge < -0.3 is 5.32 Å². The predicted octanol–water partition coefficient (Wildman–Crippen LogP) is 5.98. The van der Waals surface area contributed by atoms with Crippen molar-refractivity contribution in [3.63, 3.8) is 0 Å². The summed E-state index contributed by atoms with van der Waals surface area (Å²) in [6.07, 6.45) is 7.77. The molecule has 0 saturated carbocycles. The smallest absolute Gasteiger partial charge is 0.224 e. The fraction of sp³-hybridized carbons (Fsp3) is 0.154. The Balaban J connectivity index is 1.61. The van der Waals surface area contributed by atoms with Gasteiger partial charge in [0.2, 0.25) is 5.91 Å². The van der Waals surface area contributed by atoms with E-state index in [1.807, 2.05) is 25.3 Å². The highest BCUT2D eigenvalue weighted by atomic mass is 32.2. The zero-order chi connectivity index (χ0) is 21.8. The number of amides is 1. The molecule has 0 saturated heterocycles. The van der Waals surface area contributed by atoms with Gasteiger partial charge in [-0.1, -0.05) is 18.2 Å². The van der Waals surface area contributed by atoms with Gasteiger partial charge in [-0.05, 0) is 94.6 Å². The first-order chi connectivity index (χ1) is 15.0. The summed E-state index contributed by atoms with van der Waals surface area (Å²) in [7, 11) is 0. The third-order valence-electron chi connectivity index (χ3n) is 5.46. The lowest BCUT2D eigenvalue weighted by atomic mass is 10.0. The van der Waals surface area contributed by atoms with E-state index < -0.39 is 0 Å². The Hall–Kier alpha value is -3.18. The minimum Gasteiger partial charge on any atom is -0.352 e. The third-order valence-corrected chi connectivity index (χ3v) is 6.20. The first-order valence-electron chi connectivity index (χ1n) is 10.1. The Morgan fingerprint density at radius 1 is 1.06 bits per heavy atom. The van der Waals surface area contributed by atoms with Crippen molar-refractivity contribution in [1.29, 1.82) is 0 Å². The van der Waals surface area contributed by atoms with Gasteiger partial charge in [0, 0.05) is 23.8 Å². The van der Waals surface area contributed by atoms with Crippen molar-refractivity contribution in [2.75, 3.05) is 6.26 Å². The van der Waals surface area contributed by atoms with Gasteiger partial charge in [-0.15, -0.1) is 11.8 Å². The molecule has 5 heteroatoms. The number of halogens is 1. The number of nitrogens with zero attached hydrogens (tertiary/aromatic N) is 1. The van der Waals surface area contributed by atoms with Crippen LogP contribution in [0.5, 0.6) is 0 Å². The van der Waals surface area contributed by atoms with E-state index in [1.54, 1.807) is 30.2 Å². The highest BCUT2D eigenvalue weighted by molar-refractivity contribution is 7.98. The minimum atomic E-state index is -0.299. The van der Waals surface area contributed by atoms with Crippen molar-refractivity contribution >= 4 is 34.9 Å². The maximum atomic E-state index is 14.1. The number of benzene rings is 2. The number of carbonyl (C=O) groups is 1. The molecule has 3 nitrogen and oxygen atoms in total. The summed E-state index contributed by atoms with van der Waals surface area (Å²) in [5.74, 6) is -0.390. The number of carbonyl (C=O) groups excluding carboxylic acids is 1. The summed E-state index contributed by atoms with van der Waals surface area (Å²) in [5.41, 5.74) is 6.73. The lowest BCUT2D eigenvalue weighted by molar-refractivity contribution is -0.120. The number of hydrogen-bond donors (Lipinski definition) is 1. The van der Waals surface area contributed by atoms with E-state index in [2.05, 4.69) is 40.6 Å². The van der Waals surface area contributed by atoms with Crippen LogP contribution in [-0.2, 0) is 11.3 Å². The average molecular weight is 431 g/mol. The Morgan fingerprint density at radius 3 is 2.52 bits per heavy atom. The van der Waals surface area contributed by atoms with E-state index in [1.165, 1.54) is 17.0 Å². The lowest BCUT2D eigenvalue weighted by Crippen LogP contribution is -2.22. The molecule has 156 valence electrons. The Kier molecular flexibility index (Phi) is 6.33. The molecule has 0 fully saturated rings. The monoisotopic (exact) mass is 430 g/mol. The number of rotatable bonds is 6. The number of pyridine rings is 1. The van der Waals surface area contributed by atoms with Crippen LogP contribution in [0.1, 0.15) is 35.6 Å². The molecule has 31 heavy (non-hydrogen) atoms. The summed E-state index contributed by atoms with van der Waals surface area (Å²) < 4.78 is 14.1. The van der Waals surface area contributed by atoms with Gasteiger partial charge in [0.25, 0.3) is 0 Å². The van der Waals surface area contributed by atoms with Crippen molar-refractivity contribution in [1.82, 2.24) is 10.3 Å². The molecule has 1 N–H and O–H groups in total. The highest BCUT2D eigenvalue weighted by Gasteiger charge is 2.25. The summed E-state index contributed by atoms with van der Waals surface area (Å²) >= 11 is 1.70. The highest BCUT2D eigenvalue weighted by Crippen LogP contribution is 2.43. The van der Waals surface area contributed by atoms with Crippen molar-refractivity contribution in [3.05, 3.63) is 101 Å². The first kappa shape index (κ1) is 21.1. The molecule has 4 rings (SSSR count). The van der Waals surface area contributed by atoms with E-state index in [0.29, 0.717) is 6.54 Å². The first-order valence-corrected chi connectivity index (χ1v) is 11.3. The van der Waals surface area contributed by atoms with Crippen molar-refractivity contribution in [2.45, 2.75) is 24.8 Å². The van der Waals surface area contributed by atoms with Gasteiger partial charge >= 0.3 is 0 Å². The molecule has 0 bridgehead atoms. The van der Waals surface area contributed by atoms with Crippen molar-refractivity contribution in [2.24, 2.45) is 0 Å². The summed E-state index contributed by atoms with van der Waals surface area (Å²) in [4.78, 5) is 17.9. The lowest BCUT2D eigenvalue weighted by Gasteiger charge is -2.08.